The number of carbonyl (C=O) groups is 2. The lowest BCUT2D eigenvalue weighted by Gasteiger charge is -2.09. The molecule has 0 bridgehead atoms. The fourth-order valence-corrected chi connectivity index (χ4v) is 2.34. The van der Waals surface area contributed by atoms with Crippen LogP contribution in [0.1, 0.15) is 0 Å². The molecule has 0 aliphatic carbocycles. The van der Waals surface area contributed by atoms with Gasteiger partial charge in [0, 0.05) is 0 Å². The molecule has 1 heterocycles. The Hall–Kier alpha value is -3.62. The molecule has 0 atom stereocenters. The first-order chi connectivity index (χ1) is 13.0. The van der Waals surface area contributed by atoms with Crippen LogP contribution in [0.5, 0.6) is 0 Å². The molecule has 1 amide bonds. The fraction of sp³-hybridized carbons (Fsp3) is 0.111. The number of hydrogen-bond donors (Lipinski definition) is 1. The van der Waals surface area contributed by atoms with Crippen LogP contribution in [0.2, 0.25) is 0 Å². The number of amides is 1. The van der Waals surface area contributed by atoms with Gasteiger partial charge in [-0.3, -0.25) is 19.0 Å². The fourth-order valence-electron chi connectivity index (χ4n) is 2.34. The zero-order valence-electron chi connectivity index (χ0n) is 13.8. The van der Waals surface area contributed by atoms with Crippen molar-refractivity contribution in [1.82, 2.24) is 9.55 Å². The second-order valence-corrected chi connectivity index (χ2v) is 5.50. The van der Waals surface area contributed by atoms with E-state index in [-0.39, 0.29) is 0 Å². The van der Waals surface area contributed by atoms with Gasteiger partial charge in [-0.2, -0.15) is 0 Å². The number of ether oxygens (including phenoxy) is 1. The number of anilines is 1. The van der Waals surface area contributed by atoms with Gasteiger partial charge in [-0.15, -0.1) is 0 Å². The minimum atomic E-state index is -0.955. The quantitative estimate of drug-likeness (QED) is 0.690. The van der Waals surface area contributed by atoms with Gasteiger partial charge in [-0.25, -0.2) is 13.8 Å². The summed E-state index contributed by atoms with van der Waals surface area (Å²) in [7, 11) is 0. The average Bonchev–Trinajstić information content (AvgIpc) is 2.66. The number of halogens is 2. The second kappa shape index (κ2) is 7.73. The smallest absolute Gasteiger partial charge is 0.326 e. The molecule has 3 rings (SSSR count). The Morgan fingerprint density at radius 1 is 1.07 bits per heavy atom. The molecule has 138 valence electrons. The van der Waals surface area contributed by atoms with Crippen LogP contribution in [-0.4, -0.2) is 28.0 Å². The minimum absolute atomic E-state index is 0.334. The molecule has 2 aromatic carbocycles. The van der Waals surface area contributed by atoms with Crippen molar-refractivity contribution in [3.63, 3.8) is 0 Å². The van der Waals surface area contributed by atoms with Gasteiger partial charge in [0.1, 0.15) is 23.9 Å². The van der Waals surface area contributed by atoms with Crippen LogP contribution in [0.15, 0.2) is 53.6 Å². The van der Waals surface area contributed by atoms with Gasteiger partial charge in [-0.05, 0) is 24.3 Å². The number of fused-ring (bicyclic) bond motifs is 1. The van der Waals surface area contributed by atoms with E-state index >= 15 is 0 Å². The van der Waals surface area contributed by atoms with Gasteiger partial charge in [0.2, 0.25) is 0 Å². The molecule has 0 spiro atoms. The molecule has 1 aromatic heterocycles. The summed E-state index contributed by atoms with van der Waals surface area (Å²) < 4.78 is 32.7. The SMILES string of the molecule is O=C(COC(=O)Cn1cnc2ccccc2c1=O)Nc1c(F)cccc1F. The van der Waals surface area contributed by atoms with Gasteiger partial charge in [0.15, 0.2) is 6.61 Å². The Bertz CT molecular complexity index is 1060. The highest BCUT2D eigenvalue weighted by Crippen LogP contribution is 2.17. The Morgan fingerprint density at radius 2 is 1.78 bits per heavy atom. The van der Waals surface area contributed by atoms with E-state index in [1.807, 2.05) is 5.32 Å². The monoisotopic (exact) mass is 373 g/mol. The lowest BCUT2D eigenvalue weighted by atomic mass is 10.2. The molecule has 0 saturated heterocycles. The third-order valence-corrected chi connectivity index (χ3v) is 3.62. The van der Waals surface area contributed by atoms with Crippen molar-refractivity contribution in [2.75, 3.05) is 11.9 Å². The second-order valence-electron chi connectivity index (χ2n) is 5.50. The van der Waals surface area contributed by atoms with Crippen molar-refractivity contribution >= 4 is 28.5 Å². The highest BCUT2D eigenvalue weighted by atomic mass is 19.1. The molecule has 1 N–H and O–H groups in total. The number of nitrogens with zero attached hydrogens (tertiary/aromatic N) is 2. The summed E-state index contributed by atoms with van der Waals surface area (Å²) in [5.74, 6) is -3.71. The van der Waals surface area contributed by atoms with Gasteiger partial charge in [0.25, 0.3) is 11.5 Å². The van der Waals surface area contributed by atoms with Crippen molar-refractivity contribution < 1.29 is 23.1 Å². The number of aromatic nitrogens is 2. The molecule has 0 aliphatic heterocycles. The average molecular weight is 373 g/mol. The van der Waals surface area contributed by atoms with E-state index in [4.69, 9.17) is 4.74 Å². The van der Waals surface area contributed by atoms with Gasteiger partial charge < -0.3 is 10.1 Å². The molecule has 0 unspecified atom stereocenters. The van der Waals surface area contributed by atoms with Crippen LogP contribution in [-0.2, 0) is 20.9 Å². The predicted molar refractivity (Wildman–Crippen MR) is 91.9 cm³/mol. The lowest BCUT2D eigenvalue weighted by Crippen LogP contribution is -2.28. The Labute approximate surface area is 151 Å². The molecule has 27 heavy (non-hydrogen) atoms. The summed E-state index contributed by atoms with van der Waals surface area (Å²) >= 11 is 0. The maximum Gasteiger partial charge on any atom is 0.326 e. The minimum Gasteiger partial charge on any atom is -0.454 e. The van der Waals surface area contributed by atoms with E-state index in [1.165, 1.54) is 6.33 Å². The highest BCUT2D eigenvalue weighted by molar-refractivity contribution is 5.93. The number of nitrogens with one attached hydrogen (secondary N) is 1. The van der Waals surface area contributed by atoms with Gasteiger partial charge in [0.05, 0.1) is 17.2 Å². The topological polar surface area (TPSA) is 90.3 Å². The molecule has 0 radical (unpaired) electrons. The Balaban J connectivity index is 1.61. The third kappa shape index (κ3) is 4.14. The van der Waals surface area contributed by atoms with Crippen LogP contribution in [0.4, 0.5) is 14.5 Å². The summed E-state index contributed by atoms with van der Waals surface area (Å²) in [5.41, 5.74) is -0.581. The maximum atomic E-state index is 13.5. The first kappa shape index (κ1) is 18.2. The molecular weight excluding hydrogens is 360 g/mol. The number of esters is 1. The predicted octanol–water partition coefficient (Wildman–Crippen LogP) is 1.86. The van der Waals surface area contributed by atoms with Gasteiger partial charge >= 0.3 is 5.97 Å². The van der Waals surface area contributed by atoms with Crippen LogP contribution < -0.4 is 10.9 Å². The number of benzene rings is 2. The first-order valence-corrected chi connectivity index (χ1v) is 7.79. The van der Waals surface area contributed by atoms with Crippen molar-refractivity contribution in [2.45, 2.75) is 6.54 Å². The number of hydrogen-bond acceptors (Lipinski definition) is 5. The van der Waals surface area contributed by atoms with E-state index in [9.17, 15) is 23.2 Å². The van der Waals surface area contributed by atoms with Gasteiger partial charge in [-0.1, -0.05) is 18.2 Å². The summed E-state index contributed by atoms with van der Waals surface area (Å²) in [6, 6.07) is 9.72. The van der Waals surface area contributed by atoms with E-state index in [0.29, 0.717) is 10.9 Å². The van der Waals surface area contributed by atoms with E-state index in [0.717, 1.165) is 22.8 Å². The van der Waals surface area contributed by atoms with Crippen LogP contribution >= 0.6 is 0 Å². The van der Waals surface area contributed by atoms with E-state index < -0.39 is 47.9 Å². The first-order valence-electron chi connectivity index (χ1n) is 7.79. The van der Waals surface area contributed by atoms with Crippen LogP contribution in [0.3, 0.4) is 0 Å². The summed E-state index contributed by atoms with van der Waals surface area (Å²) in [5, 5.41) is 2.32. The largest absolute Gasteiger partial charge is 0.454 e. The van der Waals surface area contributed by atoms with Crippen molar-refractivity contribution in [1.29, 1.82) is 0 Å². The van der Waals surface area contributed by atoms with Crippen molar-refractivity contribution in [3.05, 3.63) is 70.8 Å². The molecule has 0 fully saturated rings. The molecule has 0 aliphatic rings. The number of carbonyl (C=O) groups excluding carboxylic acids is 2. The normalized spacial score (nSPS) is 10.6. The van der Waals surface area contributed by atoms with Crippen LogP contribution in [0.25, 0.3) is 10.9 Å². The Morgan fingerprint density at radius 3 is 2.52 bits per heavy atom. The van der Waals surface area contributed by atoms with Crippen molar-refractivity contribution in [2.24, 2.45) is 0 Å². The van der Waals surface area contributed by atoms with Crippen LogP contribution in [0, 0.1) is 11.6 Å². The van der Waals surface area contributed by atoms with E-state index in [2.05, 4.69) is 4.98 Å². The summed E-state index contributed by atoms with van der Waals surface area (Å²) in [6.45, 7) is -1.22. The number of rotatable bonds is 5. The van der Waals surface area contributed by atoms with Crippen molar-refractivity contribution in [3.8, 4) is 0 Å². The zero-order valence-corrected chi connectivity index (χ0v) is 13.8. The third-order valence-electron chi connectivity index (χ3n) is 3.62. The zero-order chi connectivity index (χ0) is 19.4. The summed E-state index contributed by atoms with van der Waals surface area (Å²) in [6.07, 6.45) is 1.20. The lowest BCUT2D eigenvalue weighted by molar-refractivity contribution is -0.147. The maximum absolute atomic E-state index is 13.5. The molecule has 0 saturated carbocycles. The molecule has 7 nitrogen and oxygen atoms in total. The molecule has 3 aromatic rings. The standard InChI is InChI=1S/C18H13F2N3O4/c19-12-5-3-6-13(20)17(12)22-15(24)9-27-16(25)8-23-10-21-14-7-2-1-4-11(14)18(23)26/h1-7,10H,8-9H2,(H,22,24). The summed E-state index contributed by atoms with van der Waals surface area (Å²) in [4.78, 5) is 39.9. The Kier molecular flexibility index (Phi) is 5.20. The highest BCUT2D eigenvalue weighted by Gasteiger charge is 2.14. The number of para-hydroxylation sites is 2. The molecule has 9 heteroatoms. The van der Waals surface area contributed by atoms with E-state index in [1.54, 1.807) is 24.3 Å². The molecular formula is C18H13F2N3O4.